The van der Waals surface area contributed by atoms with Gasteiger partial charge in [-0.3, -0.25) is 4.98 Å². The summed E-state index contributed by atoms with van der Waals surface area (Å²) in [7, 11) is 0. The normalized spacial score (nSPS) is 12.0. The Labute approximate surface area is 118 Å². The van der Waals surface area contributed by atoms with E-state index < -0.39 is 18.0 Å². The summed E-state index contributed by atoms with van der Waals surface area (Å²) in [5.41, 5.74) is 1.74. The third-order valence-electron chi connectivity index (χ3n) is 2.84. The van der Waals surface area contributed by atoms with Gasteiger partial charge in [0.2, 0.25) is 0 Å². The minimum atomic E-state index is -1.03. The van der Waals surface area contributed by atoms with Crippen LogP contribution in [0.15, 0.2) is 18.3 Å². The lowest BCUT2D eigenvalue weighted by molar-refractivity contribution is -0.139. The molecule has 3 N–H and O–H groups in total. The summed E-state index contributed by atoms with van der Waals surface area (Å²) in [6.07, 6.45) is 2.05. The van der Waals surface area contributed by atoms with Crippen LogP contribution in [0.5, 0.6) is 0 Å². The Balaban J connectivity index is 2.50. The van der Waals surface area contributed by atoms with E-state index in [1.165, 1.54) is 0 Å². The number of carbonyl (C=O) groups is 2. The minimum absolute atomic E-state index is 0.189. The highest BCUT2D eigenvalue weighted by Gasteiger charge is 2.20. The quantitative estimate of drug-likeness (QED) is 0.739. The first-order valence-corrected chi connectivity index (χ1v) is 6.57. The average Bonchev–Trinajstić information content (AvgIpc) is 2.36. The zero-order valence-corrected chi connectivity index (χ0v) is 12.0. The molecule has 0 fully saturated rings. The molecule has 1 heterocycles. The van der Waals surface area contributed by atoms with Crippen molar-refractivity contribution in [1.29, 1.82) is 0 Å². The molecule has 20 heavy (non-hydrogen) atoms. The molecule has 110 valence electrons. The number of aromatic nitrogens is 1. The lowest BCUT2D eigenvalue weighted by Crippen LogP contribution is -2.46. The third kappa shape index (κ3) is 5.26. The number of amides is 2. The molecule has 0 aliphatic rings. The van der Waals surface area contributed by atoms with Crippen LogP contribution >= 0.6 is 0 Å². The summed E-state index contributed by atoms with van der Waals surface area (Å²) >= 11 is 0. The lowest BCUT2D eigenvalue weighted by atomic mass is 10.0. The van der Waals surface area contributed by atoms with Crippen molar-refractivity contribution in [3.8, 4) is 0 Å². The van der Waals surface area contributed by atoms with E-state index in [0.717, 1.165) is 11.3 Å². The molecule has 0 radical (unpaired) electrons. The molecule has 1 aromatic heterocycles. The number of nitrogens with zero attached hydrogens (tertiary/aromatic N) is 1. The Hall–Kier alpha value is -2.11. The van der Waals surface area contributed by atoms with Gasteiger partial charge >= 0.3 is 12.0 Å². The highest BCUT2D eigenvalue weighted by atomic mass is 16.4. The van der Waals surface area contributed by atoms with E-state index in [4.69, 9.17) is 5.11 Å². The topological polar surface area (TPSA) is 91.3 Å². The first-order valence-electron chi connectivity index (χ1n) is 6.57. The van der Waals surface area contributed by atoms with Crippen LogP contribution in [0.3, 0.4) is 0 Å². The number of aryl methyl sites for hydroxylation is 1. The number of rotatable bonds is 6. The largest absolute Gasteiger partial charge is 0.480 e. The zero-order chi connectivity index (χ0) is 15.1. The van der Waals surface area contributed by atoms with E-state index in [2.05, 4.69) is 15.6 Å². The standard InChI is InChI=1S/C14H21N3O3/c1-9(2)7-11(13(18)19)17-14(20)16-8-12-10(3)5-4-6-15-12/h4-6,9,11H,7-8H2,1-3H3,(H,18,19)(H2,16,17,20)/t11-/m0/s1. The van der Waals surface area contributed by atoms with Gasteiger partial charge in [-0.05, 0) is 30.9 Å². The number of aliphatic carboxylic acids is 1. The molecule has 0 aromatic carbocycles. The predicted molar refractivity (Wildman–Crippen MR) is 75.2 cm³/mol. The molecule has 6 heteroatoms. The van der Waals surface area contributed by atoms with E-state index in [9.17, 15) is 9.59 Å². The Morgan fingerprint density at radius 3 is 2.65 bits per heavy atom. The smallest absolute Gasteiger partial charge is 0.326 e. The molecule has 1 atom stereocenters. The fourth-order valence-corrected chi connectivity index (χ4v) is 1.77. The average molecular weight is 279 g/mol. The summed E-state index contributed by atoms with van der Waals surface area (Å²) in [6, 6.07) is 2.35. The molecule has 0 saturated heterocycles. The third-order valence-corrected chi connectivity index (χ3v) is 2.84. The molecule has 0 saturated carbocycles. The first kappa shape index (κ1) is 15.9. The van der Waals surface area contributed by atoms with Crippen molar-refractivity contribution in [3.63, 3.8) is 0 Å². The van der Waals surface area contributed by atoms with Crippen molar-refractivity contribution in [1.82, 2.24) is 15.6 Å². The summed E-state index contributed by atoms with van der Waals surface area (Å²) in [5.74, 6) is -0.836. The van der Waals surface area contributed by atoms with Crippen LogP contribution in [-0.2, 0) is 11.3 Å². The molecule has 6 nitrogen and oxygen atoms in total. The van der Waals surface area contributed by atoms with Crippen molar-refractivity contribution in [3.05, 3.63) is 29.6 Å². The highest BCUT2D eigenvalue weighted by Crippen LogP contribution is 2.05. The van der Waals surface area contributed by atoms with Crippen LogP contribution in [0.1, 0.15) is 31.5 Å². The van der Waals surface area contributed by atoms with Crippen LogP contribution in [0.25, 0.3) is 0 Å². The number of carbonyl (C=O) groups excluding carboxylic acids is 1. The highest BCUT2D eigenvalue weighted by molar-refractivity contribution is 5.82. The molecular formula is C14H21N3O3. The number of carboxylic acid groups (broad SMARTS) is 1. The van der Waals surface area contributed by atoms with E-state index in [0.29, 0.717) is 6.42 Å². The number of urea groups is 1. The Morgan fingerprint density at radius 1 is 1.40 bits per heavy atom. The van der Waals surface area contributed by atoms with Gasteiger partial charge in [0.1, 0.15) is 6.04 Å². The van der Waals surface area contributed by atoms with Gasteiger partial charge in [0, 0.05) is 6.20 Å². The molecule has 0 aliphatic heterocycles. The van der Waals surface area contributed by atoms with Gasteiger partial charge in [-0.1, -0.05) is 19.9 Å². The lowest BCUT2D eigenvalue weighted by Gasteiger charge is -2.17. The second-order valence-corrected chi connectivity index (χ2v) is 5.11. The van der Waals surface area contributed by atoms with Crippen molar-refractivity contribution in [2.75, 3.05) is 0 Å². The van der Waals surface area contributed by atoms with Crippen molar-refractivity contribution in [2.45, 2.75) is 39.8 Å². The van der Waals surface area contributed by atoms with Gasteiger partial charge in [0.15, 0.2) is 0 Å². The van der Waals surface area contributed by atoms with Crippen LogP contribution < -0.4 is 10.6 Å². The van der Waals surface area contributed by atoms with E-state index in [1.54, 1.807) is 6.20 Å². The summed E-state index contributed by atoms with van der Waals surface area (Å²) in [5, 5.41) is 14.1. The molecule has 1 rings (SSSR count). The van der Waals surface area contributed by atoms with Crippen LogP contribution in [0.4, 0.5) is 4.79 Å². The maximum absolute atomic E-state index is 11.7. The Bertz CT molecular complexity index is 474. The van der Waals surface area contributed by atoms with Crippen molar-refractivity contribution in [2.24, 2.45) is 5.92 Å². The van der Waals surface area contributed by atoms with Crippen LogP contribution in [-0.4, -0.2) is 28.1 Å². The monoisotopic (exact) mass is 279 g/mol. The number of pyridine rings is 1. The van der Waals surface area contributed by atoms with Crippen LogP contribution in [0.2, 0.25) is 0 Å². The molecule has 0 unspecified atom stereocenters. The fraction of sp³-hybridized carbons (Fsp3) is 0.500. The molecular weight excluding hydrogens is 258 g/mol. The van der Waals surface area contributed by atoms with E-state index >= 15 is 0 Å². The molecule has 0 aliphatic carbocycles. The van der Waals surface area contributed by atoms with Gasteiger partial charge in [-0.25, -0.2) is 9.59 Å². The van der Waals surface area contributed by atoms with Gasteiger partial charge in [0.05, 0.1) is 12.2 Å². The maximum atomic E-state index is 11.7. The summed E-state index contributed by atoms with van der Waals surface area (Å²) in [6.45, 7) is 5.99. The minimum Gasteiger partial charge on any atom is -0.480 e. The van der Waals surface area contributed by atoms with Gasteiger partial charge in [-0.2, -0.15) is 0 Å². The number of hydrogen-bond acceptors (Lipinski definition) is 3. The summed E-state index contributed by atoms with van der Waals surface area (Å²) < 4.78 is 0. The SMILES string of the molecule is Cc1cccnc1CNC(=O)N[C@@H](CC(C)C)C(=O)O. The van der Waals surface area contributed by atoms with E-state index in [1.807, 2.05) is 32.9 Å². The second-order valence-electron chi connectivity index (χ2n) is 5.11. The zero-order valence-electron chi connectivity index (χ0n) is 12.0. The molecule has 1 aromatic rings. The van der Waals surface area contributed by atoms with Gasteiger partial charge in [-0.15, -0.1) is 0 Å². The summed E-state index contributed by atoms with van der Waals surface area (Å²) in [4.78, 5) is 26.9. The second kappa shape index (κ2) is 7.47. The molecule has 0 bridgehead atoms. The first-order chi connectivity index (χ1) is 9.40. The van der Waals surface area contributed by atoms with Gasteiger partial charge < -0.3 is 15.7 Å². The molecule has 2 amide bonds. The maximum Gasteiger partial charge on any atom is 0.326 e. The van der Waals surface area contributed by atoms with E-state index in [-0.39, 0.29) is 12.5 Å². The molecule has 0 spiro atoms. The number of carboxylic acids is 1. The number of nitrogens with one attached hydrogen (secondary N) is 2. The van der Waals surface area contributed by atoms with Crippen LogP contribution in [0, 0.1) is 12.8 Å². The Kier molecular flexibility index (Phi) is 5.96. The van der Waals surface area contributed by atoms with Crippen molar-refractivity contribution >= 4 is 12.0 Å². The Morgan fingerprint density at radius 2 is 2.10 bits per heavy atom. The number of hydrogen-bond donors (Lipinski definition) is 3. The van der Waals surface area contributed by atoms with Gasteiger partial charge in [0.25, 0.3) is 0 Å². The fourth-order valence-electron chi connectivity index (χ4n) is 1.77. The van der Waals surface area contributed by atoms with Crippen molar-refractivity contribution < 1.29 is 14.7 Å². The predicted octanol–water partition coefficient (Wildman–Crippen LogP) is 1.69.